The molecule has 0 N–H and O–H groups in total. The molecule has 0 atom stereocenters. The lowest BCUT2D eigenvalue weighted by Gasteiger charge is -2.15. The van der Waals surface area contributed by atoms with E-state index in [2.05, 4.69) is 15.1 Å². The number of rotatable bonds is 4. The van der Waals surface area contributed by atoms with Gasteiger partial charge < -0.3 is 4.90 Å². The average Bonchev–Trinajstić information content (AvgIpc) is 2.86. The third kappa shape index (κ3) is 2.71. The topological polar surface area (TPSA) is 63.9 Å². The number of aromatic nitrogens is 4. The van der Waals surface area contributed by atoms with Crippen molar-refractivity contribution >= 4 is 5.91 Å². The molecule has 0 fully saturated rings. The molecule has 0 saturated carbocycles. The molecule has 2 rings (SSSR count). The summed E-state index contributed by atoms with van der Waals surface area (Å²) in [4.78, 5) is 21.5. The van der Waals surface area contributed by atoms with Crippen LogP contribution in [0, 0.1) is 0 Å². The molecule has 2 heterocycles. The van der Waals surface area contributed by atoms with Crippen LogP contribution in [0.3, 0.4) is 0 Å². The summed E-state index contributed by atoms with van der Waals surface area (Å²) in [6, 6.07) is 0. The van der Waals surface area contributed by atoms with Gasteiger partial charge in [0.2, 0.25) is 0 Å². The number of amides is 1. The lowest BCUT2D eigenvalue weighted by molar-refractivity contribution is 0.0779. The highest BCUT2D eigenvalue weighted by Crippen LogP contribution is 2.05. The van der Waals surface area contributed by atoms with Crippen LogP contribution in [-0.4, -0.2) is 37.6 Å². The zero-order valence-corrected chi connectivity index (χ0v) is 10.4. The molecule has 1 amide bonds. The van der Waals surface area contributed by atoms with Gasteiger partial charge in [-0.25, -0.2) is 4.98 Å². The lowest BCUT2D eigenvalue weighted by atomic mass is 10.3. The molecule has 0 unspecified atom stereocenters. The maximum atomic E-state index is 12.0. The van der Waals surface area contributed by atoms with Gasteiger partial charge in [0.1, 0.15) is 5.69 Å². The number of aryl methyl sites for hydroxylation is 1. The van der Waals surface area contributed by atoms with Crippen LogP contribution in [0.1, 0.15) is 23.0 Å². The van der Waals surface area contributed by atoms with Crippen molar-refractivity contribution in [2.75, 3.05) is 7.05 Å². The van der Waals surface area contributed by atoms with Crippen LogP contribution in [0.25, 0.3) is 0 Å². The van der Waals surface area contributed by atoms with Crippen molar-refractivity contribution in [3.8, 4) is 0 Å². The lowest BCUT2D eigenvalue weighted by Crippen LogP contribution is -2.26. The van der Waals surface area contributed by atoms with Crippen molar-refractivity contribution in [2.24, 2.45) is 0 Å². The first-order chi connectivity index (χ1) is 8.70. The molecule has 0 aliphatic rings. The summed E-state index contributed by atoms with van der Waals surface area (Å²) in [6.07, 6.45) is 8.22. The van der Waals surface area contributed by atoms with Crippen LogP contribution < -0.4 is 0 Å². The molecular formula is C12H15N5O. The molecule has 18 heavy (non-hydrogen) atoms. The van der Waals surface area contributed by atoms with Gasteiger partial charge in [-0.3, -0.25) is 14.5 Å². The molecule has 2 aromatic rings. The maximum absolute atomic E-state index is 12.0. The van der Waals surface area contributed by atoms with Gasteiger partial charge in [-0.2, -0.15) is 5.10 Å². The van der Waals surface area contributed by atoms with Crippen molar-refractivity contribution in [3.05, 3.63) is 42.2 Å². The Bertz CT molecular complexity index is 522. The fraction of sp³-hybridized carbons (Fsp3) is 0.333. The van der Waals surface area contributed by atoms with E-state index < -0.39 is 0 Å². The molecule has 6 nitrogen and oxygen atoms in total. The van der Waals surface area contributed by atoms with Crippen molar-refractivity contribution in [1.29, 1.82) is 0 Å². The van der Waals surface area contributed by atoms with Crippen LogP contribution in [0.15, 0.2) is 31.0 Å². The molecule has 0 saturated heterocycles. The minimum Gasteiger partial charge on any atom is -0.336 e. The molecule has 94 valence electrons. The fourth-order valence-electron chi connectivity index (χ4n) is 1.61. The summed E-state index contributed by atoms with van der Waals surface area (Å²) >= 11 is 0. The van der Waals surface area contributed by atoms with Crippen molar-refractivity contribution in [1.82, 2.24) is 24.6 Å². The predicted molar refractivity (Wildman–Crippen MR) is 65.7 cm³/mol. The quantitative estimate of drug-likeness (QED) is 0.805. The third-order valence-corrected chi connectivity index (χ3v) is 2.56. The van der Waals surface area contributed by atoms with Gasteiger partial charge >= 0.3 is 0 Å². The number of hydrogen-bond acceptors (Lipinski definition) is 4. The number of carbonyl (C=O) groups excluding carboxylic acids is 1. The number of carbonyl (C=O) groups is 1. The Kier molecular flexibility index (Phi) is 3.66. The maximum Gasteiger partial charge on any atom is 0.274 e. The Labute approximate surface area is 105 Å². The highest BCUT2D eigenvalue weighted by atomic mass is 16.2. The van der Waals surface area contributed by atoms with E-state index in [1.54, 1.807) is 24.3 Å². The van der Waals surface area contributed by atoms with Crippen LogP contribution in [0.5, 0.6) is 0 Å². The van der Waals surface area contributed by atoms with Crippen molar-refractivity contribution in [3.63, 3.8) is 0 Å². The van der Waals surface area contributed by atoms with E-state index in [1.165, 1.54) is 12.4 Å². The van der Waals surface area contributed by atoms with E-state index in [-0.39, 0.29) is 5.91 Å². The van der Waals surface area contributed by atoms with E-state index in [4.69, 9.17) is 0 Å². The fourth-order valence-corrected chi connectivity index (χ4v) is 1.61. The molecular weight excluding hydrogens is 230 g/mol. The smallest absolute Gasteiger partial charge is 0.274 e. The van der Waals surface area contributed by atoms with Crippen LogP contribution in [-0.2, 0) is 13.1 Å². The molecule has 0 spiro atoms. The minimum atomic E-state index is -0.146. The van der Waals surface area contributed by atoms with Crippen LogP contribution in [0.4, 0.5) is 0 Å². The first-order valence-electron chi connectivity index (χ1n) is 5.73. The normalized spacial score (nSPS) is 10.3. The van der Waals surface area contributed by atoms with Gasteiger partial charge in [0.25, 0.3) is 5.91 Å². The second-order valence-electron chi connectivity index (χ2n) is 3.96. The van der Waals surface area contributed by atoms with Crippen molar-refractivity contribution in [2.45, 2.75) is 20.0 Å². The Balaban J connectivity index is 2.03. The summed E-state index contributed by atoms with van der Waals surface area (Å²) in [6.45, 7) is 3.35. The summed E-state index contributed by atoms with van der Waals surface area (Å²) in [5, 5.41) is 4.17. The summed E-state index contributed by atoms with van der Waals surface area (Å²) in [5.41, 5.74) is 1.35. The molecule has 0 aliphatic carbocycles. The predicted octanol–water partition coefficient (Wildman–Crippen LogP) is 0.965. The van der Waals surface area contributed by atoms with E-state index >= 15 is 0 Å². The summed E-state index contributed by atoms with van der Waals surface area (Å²) in [7, 11) is 1.74. The third-order valence-electron chi connectivity index (χ3n) is 2.56. The minimum absolute atomic E-state index is 0.146. The summed E-state index contributed by atoms with van der Waals surface area (Å²) < 4.78 is 1.83. The van der Waals surface area contributed by atoms with Crippen LogP contribution in [0.2, 0.25) is 0 Å². The van der Waals surface area contributed by atoms with Gasteiger partial charge in [-0.05, 0) is 6.92 Å². The van der Waals surface area contributed by atoms with Gasteiger partial charge in [0.05, 0.1) is 12.4 Å². The average molecular weight is 245 g/mol. The zero-order valence-electron chi connectivity index (χ0n) is 10.4. The number of nitrogens with zero attached hydrogens (tertiary/aromatic N) is 5. The second-order valence-corrected chi connectivity index (χ2v) is 3.96. The molecule has 0 radical (unpaired) electrons. The molecule has 0 aliphatic heterocycles. The highest BCUT2D eigenvalue weighted by Gasteiger charge is 2.13. The SMILES string of the molecule is CCn1cc(CN(C)C(=O)c2cnccn2)cn1. The van der Waals surface area contributed by atoms with E-state index in [1.807, 2.05) is 17.8 Å². The monoisotopic (exact) mass is 245 g/mol. The summed E-state index contributed by atoms with van der Waals surface area (Å²) in [5.74, 6) is -0.146. The van der Waals surface area contributed by atoms with Crippen molar-refractivity contribution < 1.29 is 4.79 Å². The standard InChI is InChI=1S/C12H15N5O/c1-3-17-9-10(6-15-17)8-16(2)12(18)11-7-13-4-5-14-11/h4-7,9H,3,8H2,1-2H3. The van der Waals surface area contributed by atoms with Gasteiger partial charge in [0.15, 0.2) is 0 Å². The first kappa shape index (κ1) is 12.2. The first-order valence-corrected chi connectivity index (χ1v) is 5.73. The van der Waals surface area contributed by atoms with E-state index in [9.17, 15) is 4.79 Å². The van der Waals surface area contributed by atoms with Gasteiger partial charge in [-0.15, -0.1) is 0 Å². The molecule has 0 bridgehead atoms. The van der Waals surface area contributed by atoms with E-state index in [0.29, 0.717) is 12.2 Å². The Morgan fingerprint density at radius 3 is 2.83 bits per heavy atom. The molecule has 0 aromatic carbocycles. The Morgan fingerprint density at radius 2 is 2.22 bits per heavy atom. The largest absolute Gasteiger partial charge is 0.336 e. The second kappa shape index (κ2) is 5.39. The zero-order chi connectivity index (χ0) is 13.0. The Hall–Kier alpha value is -2.24. The molecule has 2 aromatic heterocycles. The van der Waals surface area contributed by atoms with E-state index in [0.717, 1.165) is 12.1 Å². The van der Waals surface area contributed by atoms with Crippen LogP contribution >= 0.6 is 0 Å². The van der Waals surface area contributed by atoms with Gasteiger partial charge in [-0.1, -0.05) is 0 Å². The van der Waals surface area contributed by atoms with Gasteiger partial charge in [0, 0.05) is 44.3 Å². The highest BCUT2D eigenvalue weighted by molar-refractivity contribution is 5.91. The number of hydrogen-bond donors (Lipinski definition) is 0. The molecule has 6 heteroatoms. The Morgan fingerprint density at radius 1 is 1.39 bits per heavy atom.